The van der Waals surface area contributed by atoms with Crippen molar-refractivity contribution in [2.45, 2.75) is 48.1 Å². The summed E-state index contributed by atoms with van der Waals surface area (Å²) in [6.45, 7) is 8.02. The molecule has 0 bridgehead atoms. The van der Waals surface area contributed by atoms with Crippen molar-refractivity contribution in [2.75, 3.05) is 7.11 Å². The lowest BCUT2D eigenvalue weighted by Crippen LogP contribution is -2.24. The molecule has 2 aromatic carbocycles. The summed E-state index contributed by atoms with van der Waals surface area (Å²) in [5.74, 6) is 0.764. The van der Waals surface area contributed by atoms with Crippen molar-refractivity contribution in [3.63, 3.8) is 0 Å². The minimum Gasteiger partial charge on any atom is -0.497 e. The minimum absolute atomic E-state index is 0. The monoisotopic (exact) mass is 393 g/mol. The van der Waals surface area contributed by atoms with Gasteiger partial charge < -0.3 is 9.30 Å². The third-order valence-corrected chi connectivity index (χ3v) is 5.11. The second-order valence-corrected chi connectivity index (χ2v) is 8.11. The molecule has 0 aliphatic heterocycles. The number of hydrogen-bond acceptors (Lipinski definition) is 3. The van der Waals surface area contributed by atoms with Gasteiger partial charge in [0.15, 0.2) is 11.6 Å². The summed E-state index contributed by atoms with van der Waals surface area (Å²) >= 11 is 0. The van der Waals surface area contributed by atoms with Crippen LogP contribution in [0, 0.1) is 5.41 Å². The summed E-state index contributed by atoms with van der Waals surface area (Å²) in [6.07, 6.45) is 2.73. The van der Waals surface area contributed by atoms with Crippen molar-refractivity contribution in [1.29, 1.82) is 0 Å². The fraction of sp³-hybridized carbons (Fsp3) is 0.360. The average molecular weight is 394 g/mol. The molecule has 0 amide bonds. The van der Waals surface area contributed by atoms with Crippen LogP contribution in [0.15, 0.2) is 48.7 Å². The molecule has 29 heavy (non-hydrogen) atoms. The number of aromatic nitrogens is 1. The van der Waals surface area contributed by atoms with Crippen molar-refractivity contribution in [1.82, 2.24) is 4.57 Å². The average Bonchev–Trinajstić information content (AvgIpc) is 3.04. The van der Waals surface area contributed by atoms with Crippen molar-refractivity contribution >= 4 is 22.5 Å². The number of carbonyl (C=O) groups excluding carboxylic acids is 2. The smallest absolute Gasteiger partial charge is 0.195 e. The van der Waals surface area contributed by atoms with Crippen LogP contribution in [0.5, 0.6) is 5.75 Å². The van der Waals surface area contributed by atoms with Gasteiger partial charge in [0.1, 0.15) is 5.75 Å². The molecule has 0 aliphatic rings. The number of Topliss-reactive ketones (excluding diaryl/α,β-unsaturated/α-hetero) is 1. The van der Waals surface area contributed by atoms with Crippen LogP contribution in [0.1, 0.15) is 56.6 Å². The normalized spacial score (nSPS) is 11.2. The molecule has 0 spiro atoms. The lowest BCUT2D eigenvalue weighted by molar-refractivity contribution is -0.126. The highest BCUT2D eigenvalue weighted by Crippen LogP contribution is 2.29. The van der Waals surface area contributed by atoms with Crippen LogP contribution in [0.25, 0.3) is 10.9 Å². The first-order chi connectivity index (χ1) is 13.2. The first kappa shape index (κ1) is 22.4. The molecular formula is C25H31NO3. The Bertz CT molecular complexity index is 1020. The SMILES string of the molecule is C.CCc1ccc(C(=O)c2cn(CC(=O)C(C)(C)C)c3cc(OC)ccc23)cc1. The first-order valence-corrected chi connectivity index (χ1v) is 9.58. The zero-order chi connectivity index (χ0) is 20.5. The fourth-order valence-corrected chi connectivity index (χ4v) is 3.15. The molecule has 0 saturated carbocycles. The van der Waals surface area contributed by atoms with Gasteiger partial charge >= 0.3 is 0 Å². The van der Waals surface area contributed by atoms with E-state index in [2.05, 4.69) is 6.92 Å². The Balaban J connectivity index is 0.00000300. The van der Waals surface area contributed by atoms with E-state index in [0.29, 0.717) is 16.9 Å². The Kier molecular flexibility index (Phi) is 6.68. The number of ether oxygens (including phenoxy) is 1. The lowest BCUT2D eigenvalue weighted by atomic mass is 9.91. The van der Waals surface area contributed by atoms with Crippen molar-refractivity contribution in [2.24, 2.45) is 5.41 Å². The molecule has 4 heteroatoms. The predicted octanol–water partition coefficient (Wildman–Crippen LogP) is 5.69. The van der Waals surface area contributed by atoms with E-state index in [0.717, 1.165) is 17.3 Å². The molecule has 1 heterocycles. The third-order valence-electron chi connectivity index (χ3n) is 5.11. The van der Waals surface area contributed by atoms with Gasteiger partial charge in [-0.05, 0) is 24.1 Å². The van der Waals surface area contributed by atoms with E-state index in [1.165, 1.54) is 5.56 Å². The second-order valence-electron chi connectivity index (χ2n) is 8.11. The molecule has 3 rings (SSSR count). The molecule has 1 aromatic heterocycles. The van der Waals surface area contributed by atoms with E-state index < -0.39 is 5.41 Å². The predicted molar refractivity (Wildman–Crippen MR) is 119 cm³/mol. The largest absolute Gasteiger partial charge is 0.497 e. The van der Waals surface area contributed by atoms with Gasteiger partial charge in [-0.25, -0.2) is 0 Å². The molecule has 0 radical (unpaired) electrons. The van der Waals surface area contributed by atoms with Gasteiger partial charge in [-0.2, -0.15) is 0 Å². The van der Waals surface area contributed by atoms with Crippen LogP contribution in [0.3, 0.4) is 0 Å². The number of methoxy groups -OCH3 is 1. The van der Waals surface area contributed by atoms with Crippen LogP contribution in [0.2, 0.25) is 0 Å². The Morgan fingerprint density at radius 3 is 2.24 bits per heavy atom. The van der Waals surface area contributed by atoms with Crippen molar-refractivity contribution in [3.8, 4) is 5.75 Å². The number of hydrogen-bond donors (Lipinski definition) is 0. The maximum absolute atomic E-state index is 13.2. The standard InChI is InChI=1S/C24H27NO3.CH4/c1-6-16-7-9-17(10-8-16)23(27)20-14-25(15-22(26)24(2,3)4)21-13-18(28-5)11-12-19(20)21;/h7-14H,6,15H2,1-5H3;1H4. The first-order valence-electron chi connectivity index (χ1n) is 9.58. The Hall–Kier alpha value is -2.88. The number of fused-ring (bicyclic) bond motifs is 1. The number of ketones is 2. The Labute approximate surface area is 173 Å². The highest BCUT2D eigenvalue weighted by Gasteiger charge is 2.24. The topological polar surface area (TPSA) is 48.3 Å². The summed E-state index contributed by atoms with van der Waals surface area (Å²) < 4.78 is 7.21. The van der Waals surface area contributed by atoms with Crippen LogP contribution >= 0.6 is 0 Å². The zero-order valence-electron chi connectivity index (χ0n) is 17.2. The summed E-state index contributed by atoms with van der Waals surface area (Å²) in [5, 5.41) is 0.826. The van der Waals surface area contributed by atoms with Crippen molar-refractivity contribution < 1.29 is 14.3 Å². The van der Waals surface area contributed by atoms with Crippen LogP contribution in [0.4, 0.5) is 0 Å². The van der Waals surface area contributed by atoms with Gasteiger partial charge in [-0.15, -0.1) is 0 Å². The maximum atomic E-state index is 13.2. The van der Waals surface area contributed by atoms with Crippen molar-refractivity contribution in [3.05, 3.63) is 65.4 Å². The molecule has 0 fully saturated rings. The Morgan fingerprint density at radius 1 is 1.03 bits per heavy atom. The fourth-order valence-electron chi connectivity index (χ4n) is 3.15. The van der Waals surface area contributed by atoms with E-state index in [-0.39, 0.29) is 25.5 Å². The lowest BCUT2D eigenvalue weighted by Gasteiger charge is -2.17. The molecule has 3 aromatic rings. The van der Waals surface area contributed by atoms with Crippen LogP contribution in [-0.4, -0.2) is 23.2 Å². The summed E-state index contributed by atoms with van der Waals surface area (Å²) in [7, 11) is 1.61. The molecule has 0 atom stereocenters. The number of carbonyl (C=O) groups is 2. The number of benzene rings is 2. The molecule has 0 N–H and O–H groups in total. The number of rotatable bonds is 6. The van der Waals surface area contributed by atoms with Gasteiger partial charge in [0, 0.05) is 34.2 Å². The number of nitrogens with zero attached hydrogens (tertiary/aromatic N) is 1. The molecular weight excluding hydrogens is 362 g/mol. The van der Waals surface area contributed by atoms with Gasteiger partial charge in [-0.1, -0.05) is 59.4 Å². The summed E-state index contributed by atoms with van der Waals surface area (Å²) in [6, 6.07) is 13.3. The molecule has 0 unspecified atom stereocenters. The van der Waals surface area contributed by atoms with Crippen LogP contribution in [-0.2, 0) is 17.8 Å². The third kappa shape index (κ3) is 4.58. The molecule has 0 saturated heterocycles. The maximum Gasteiger partial charge on any atom is 0.195 e. The minimum atomic E-state index is -0.449. The van der Waals surface area contributed by atoms with Gasteiger partial charge in [-0.3, -0.25) is 9.59 Å². The highest BCUT2D eigenvalue weighted by molar-refractivity contribution is 6.16. The van der Waals surface area contributed by atoms with E-state index >= 15 is 0 Å². The van der Waals surface area contributed by atoms with Gasteiger partial charge in [0.25, 0.3) is 0 Å². The van der Waals surface area contributed by atoms with E-state index in [4.69, 9.17) is 4.74 Å². The quantitative estimate of drug-likeness (QED) is 0.505. The summed E-state index contributed by atoms with van der Waals surface area (Å²) in [4.78, 5) is 25.8. The van der Waals surface area contributed by atoms with Crippen LogP contribution < -0.4 is 4.74 Å². The Morgan fingerprint density at radius 2 is 1.69 bits per heavy atom. The van der Waals surface area contributed by atoms with Gasteiger partial charge in [0.05, 0.1) is 19.2 Å². The van der Waals surface area contributed by atoms with E-state index in [9.17, 15) is 9.59 Å². The molecule has 0 aliphatic carbocycles. The number of aryl methyl sites for hydroxylation is 1. The zero-order valence-corrected chi connectivity index (χ0v) is 17.2. The molecule has 154 valence electrons. The molecule has 4 nitrogen and oxygen atoms in total. The second kappa shape index (κ2) is 8.64. The van der Waals surface area contributed by atoms with E-state index in [1.807, 2.05) is 67.8 Å². The highest BCUT2D eigenvalue weighted by atomic mass is 16.5. The van der Waals surface area contributed by atoms with E-state index in [1.54, 1.807) is 13.3 Å². The summed E-state index contributed by atoms with van der Waals surface area (Å²) in [5.41, 5.74) is 2.82. The van der Waals surface area contributed by atoms with Gasteiger partial charge in [0.2, 0.25) is 0 Å².